The molecule has 1 saturated heterocycles. The molecule has 4 atom stereocenters. The summed E-state index contributed by atoms with van der Waals surface area (Å²) in [6.45, 7) is 0. The average Bonchev–Trinajstić information content (AvgIpc) is 3.56. The lowest BCUT2D eigenvalue weighted by Gasteiger charge is -2.20. The number of ketones is 1. The van der Waals surface area contributed by atoms with E-state index in [1.165, 1.54) is 18.0 Å². The molecule has 35 heavy (non-hydrogen) atoms. The van der Waals surface area contributed by atoms with Gasteiger partial charge in [0.25, 0.3) is 5.56 Å². The lowest BCUT2D eigenvalue weighted by molar-refractivity contribution is -0.103. The zero-order valence-corrected chi connectivity index (χ0v) is 18.1. The second-order valence-electron chi connectivity index (χ2n) is 8.67. The van der Waals surface area contributed by atoms with Crippen molar-refractivity contribution in [3.63, 3.8) is 0 Å². The van der Waals surface area contributed by atoms with E-state index in [0.717, 1.165) is 0 Å². The Bertz CT molecular complexity index is 1720. The summed E-state index contributed by atoms with van der Waals surface area (Å²) >= 11 is 0. The van der Waals surface area contributed by atoms with Gasteiger partial charge in [-0.25, -0.2) is 9.78 Å². The summed E-state index contributed by atoms with van der Waals surface area (Å²) in [6, 6.07) is 1.63. The number of ether oxygens (including phenoxy) is 3. The van der Waals surface area contributed by atoms with Crippen LogP contribution in [0.1, 0.15) is 40.1 Å². The molecule has 1 fully saturated rings. The first kappa shape index (κ1) is 20.2. The molecule has 0 spiro atoms. The van der Waals surface area contributed by atoms with Gasteiger partial charge >= 0.3 is 5.63 Å². The minimum atomic E-state index is -1.22. The van der Waals surface area contributed by atoms with Crippen LogP contribution in [0.2, 0.25) is 0 Å². The first-order valence-electron chi connectivity index (χ1n) is 10.8. The van der Waals surface area contributed by atoms with Gasteiger partial charge in [-0.05, 0) is 12.0 Å². The molecule has 5 heterocycles. The van der Waals surface area contributed by atoms with Gasteiger partial charge in [-0.1, -0.05) is 0 Å². The Morgan fingerprint density at radius 1 is 1.29 bits per heavy atom. The van der Waals surface area contributed by atoms with Gasteiger partial charge in [-0.3, -0.25) is 19.1 Å². The Kier molecular flexibility index (Phi) is 3.85. The third-order valence-electron chi connectivity index (χ3n) is 6.88. The number of rotatable bonds is 2. The minimum Gasteiger partial charge on any atom is -0.496 e. The molecule has 1 aliphatic carbocycles. The van der Waals surface area contributed by atoms with Crippen LogP contribution in [0, 0.1) is 0 Å². The van der Waals surface area contributed by atoms with Crippen molar-refractivity contribution in [2.24, 2.45) is 0 Å². The number of aliphatic hydroxyl groups is 1. The number of nitrogens with two attached hydrogens (primary N) is 1. The molecule has 1 aromatic carbocycles. The Morgan fingerprint density at radius 2 is 2.11 bits per heavy atom. The molecule has 13 nitrogen and oxygen atoms in total. The summed E-state index contributed by atoms with van der Waals surface area (Å²) in [7, 11) is 1.47. The fourth-order valence-electron chi connectivity index (χ4n) is 5.45. The number of hydrogen-bond donors (Lipinski definition) is 3. The topological polar surface area (TPSA) is 185 Å². The standard InChI is InChI=1S/C22H17N5O8/c1-32-8-4-9-12(16-11(8)6-2-3-7(28)10(6)20(31)34-16)13-15(29)19(35-21(13)33-9)27-5-24-17-14(27)18(30)26-22(23)25-17/h4-5,13,15,19,21,29H,2-3H2,1H3,(H3,23,25,26,30). The van der Waals surface area contributed by atoms with Crippen LogP contribution in [-0.4, -0.2) is 49.9 Å². The van der Waals surface area contributed by atoms with Gasteiger partial charge in [-0.2, -0.15) is 4.98 Å². The van der Waals surface area contributed by atoms with Crippen LogP contribution in [0.5, 0.6) is 11.5 Å². The van der Waals surface area contributed by atoms with Crippen LogP contribution in [0.3, 0.4) is 0 Å². The number of benzene rings is 1. The van der Waals surface area contributed by atoms with Crippen molar-refractivity contribution >= 4 is 33.9 Å². The van der Waals surface area contributed by atoms with Crippen molar-refractivity contribution in [1.82, 2.24) is 19.5 Å². The van der Waals surface area contributed by atoms with Crippen LogP contribution in [0.15, 0.2) is 26.4 Å². The molecule has 178 valence electrons. The lowest BCUT2D eigenvalue weighted by Crippen LogP contribution is -2.25. The number of carbonyl (C=O) groups excluding carboxylic acids is 1. The minimum absolute atomic E-state index is 0.0307. The smallest absolute Gasteiger partial charge is 0.347 e. The summed E-state index contributed by atoms with van der Waals surface area (Å²) in [4.78, 5) is 48.1. The molecule has 0 bridgehead atoms. The van der Waals surface area contributed by atoms with E-state index < -0.39 is 35.7 Å². The number of methoxy groups -OCH3 is 1. The summed E-state index contributed by atoms with van der Waals surface area (Å²) in [5.41, 5.74) is 5.69. The van der Waals surface area contributed by atoms with Crippen LogP contribution < -0.4 is 26.4 Å². The van der Waals surface area contributed by atoms with Crippen molar-refractivity contribution in [2.45, 2.75) is 37.4 Å². The van der Waals surface area contributed by atoms with E-state index in [-0.39, 0.29) is 40.5 Å². The van der Waals surface area contributed by atoms with E-state index in [9.17, 15) is 19.5 Å². The van der Waals surface area contributed by atoms with Crippen molar-refractivity contribution in [3.05, 3.63) is 49.9 Å². The Labute approximate surface area is 194 Å². The fraction of sp³-hybridized carbons (Fsp3) is 0.318. The molecule has 3 aromatic heterocycles. The van der Waals surface area contributed by atoms with Gasteiger partial charge in [0.1, 0.15) is 35.1 Å². The molecule has 0 saturated carbocycles. The van der Waals surface area contributed by atoms with Gasteiger partial charge in [0, 0.05) is 12.5 Å². The number of fused-ring (bicyclic) bond motifs is 8. The molecule has 2 aliphatic heterocycles. The maximum absolute atomic E-state index is 12.7. The monoisotopic (exact) mass is 479 g/mol. The lowest BCUT2D eigenvalue weighted by atomic mass is 9.91. The van der Waals surface area contributed by atoms with Crippen LogP contribution >= 0.6 is 0 Å². The molecule has 4 N–H and O–H groups in total. The van der Waals surface area contributed by atoms with E-state index in [1.54, 1.807) is 6.07 Å². The predicted molar refractivity (Wildman–Crippen MR) is 118 cm³/mol. The second kappa shape index (κ2) is 6.67. The maximum atomic E-state index is 12.7. The SMILES string of the molecule is COc1cc2c(c3oc(=O)c4c(c13)CCC4=O)C1C(O2)OC(n2cnc3nc(N)[nH]c(=O)c32)C1O. The number of aromatic nitrogens is 4. The number of aliphatic hydroxyl groups excluding tert-OH is 1. The number of nitrogen functional groups attached to an aromatic ring is 1. The number of carbonyl (C=O) groups is 1. The van der Waals surface area contributed by atoms with Gasteiger partial charge in [-0.15, -0.1) is 0 Å². The summed E-state index contributed by atoms with van der Waals surface area (Å²) < 4.78 is 24.5. The molecular formula is C22H17N5O8. The van der Waals surface area contributed by atoms with Gasteiger partial charge < -0.3 is 29.5 Å². The zero-order chi connectivity index (χ0) is 24.2. The maximum Gasteiger partial charge on any atom is 0.347 e. The van der Waals surface area contributed by atoms with Crippen molar-refractivity contribution in [3.8, 4) is 11.5 Å². The molecule has 7 rings (SSSR count). The number of nitrogens with zero attached hydrogens (tertiary/aromatic N) is 3. The molecule has 4 aromatic rings. The number of Topliss-reactive ketones (excluding diaryl/α,β-unsaturated/α-hetero) is 1. The third kappa shape index (κ3) is 2.50. The number of aryl methyl sites for hydroxylation is 1. The summed E-state index contributed by atoms with van der Waals surface area (Å²) in [5, 5.41) is 11.9. The molecule has 0 radical (unpaired) electrons. The molecule has 4 unspecified atom stereocenters. The average molecular weight is 479 g/mol. The van der Waals surface area contributed by atoms with E-state index in [2.05, 4.69) is 15.0 Å². The van der Waals surface area contributed by atoms with Crippen LogP contribution in [-0.2, 0) is 11.2 Å². The van der Waals surface area contributed by atoms with E-state index >= 15 is 0 Å². The number of aromatic amines is 1. The van der Waals surface area contributed by atoms with Crippen molar-refractivity contribution < 1.29 is 28.5 Å². The number of H-pyrrole nitrogens is 1. The second-order valence-corrected chi connectivity index (χ2v) is 8.67. The van der Waals surface area contributed by atoms with Gasteiger partial charge in [0.2, 0.25) is 12.2 Å². The van der Waals surface area contributed by atoms with E-state index in [1.807, 2.05) is 0 Å². The Balaban J connectivity index is 1.41. The summed E-state index contributed by atoms with van der Waals surface area (Å²) in [5.74, 6) is -0.411. The highest BCUT2D eigenvalue weighted by Gasteiger charge is 2.54. The normalized spacial score (nSPS) is 24.6. The van der Waals surface area contributed by atoms with E-state index in [0.29, 0.717) is 34.4 Å². The summed E-state index contributed by atoms with van der Waals surface area (Å²) in [6.07, 6.45) is -1.30. The number of imidazole rings is 1. The fourth-order valence-corrected chi connectivity index (χ4v) is 5.45. The van der Waals surface area contributed by atoms with E-state index in [4.69, 9.17) is 24.4 Å². The van der Waals surface area contributed by atoms with Crippen molar-refractivity contribution in [2.75, 3.05) is 12.8 Å². The first-order valence-corrected chi connectivity index (χ1v) is 10.8. The van der Waals surface area contributed by atoms with Crippen LogP contribution in [0.4, 0.5) is 5.95 Å². The van der Waals surface area contributed by atoms with Gasteiger partial charge in [0.15, 0.2) is 23.2 Å². The molecule has 3 aliphatic rings. The predicted octanol–water partition coefficient (Wildman–Crippen LogP) is 0.338. The van der Waals surface area contributed by atoms with Gasteiger partial charge in [0.05, 0.1) is 24.0 Å². The molecular weight excluding hydrogens is 462 g/mol. The highest BCUT2D eigenvalue weighted by atomic mass is 16.7. The first-order chi connectivity index (χ1) is 16.9. The number of nitrogens with one attached hydrogen (secondary N) is 1. The largest absolute Gasteiger partial charge is 0.496 e. The molecule has 13 heteroatoms. The Hall–Kier alpha value is -4.23. The highest BCUT2D eigenvalue weighted by Crippen LogP contribution is 2.54. The highest BCUT2D eigenvalue weighted by molar-refractivity contribution is 6.06. The third-order valence-corrected chi connectivity index (χ3v) is 6.88. The van der Waals surface area contributed by atoms with Crippen LogP contribution in [0.25, 0.3) is 22.1 Å². The molecule has 0 amide bonds. The van der Waals surface area contributed by atoms with Crippen molar-refractivity contribution in [1.29, 1.82) is 0 Å². The quantitative estimate of drug-likeness (QED) is 0.337. The Morgan fingerprint density at radius 3 is 2.91 bits per heavy atom. The number of hydrogen-bond acceptors (Lipinski definition) is 11. The zero-order valence-electron chi connectivity index (χ0n) is 18.1. The number of anilines is 1.